The van der Waals surface area contributed by atoms with Gasteiger partial charge in [-0.1, -0.05) is 36.2 Å². The van der Waals surface area contributed by atoms with Gasteiger partial charge in [-0.05, 0) is 44.0 Å². The van der Waals surface area contributed by atoms with E-state index in [0.717, 1.165) is 37.4 Å². The number of rotatable bonds is 2. The summed E-state index contributed by atoms with van der Waals surface area (Å²) < 4.78 is 0. The third-order valence-corrected chi connectivity index (χ3v) is 4.13. The molecule has 2 nitrogen and oxygen atoms in total. The van der Waals surface area contributed by atoms with E-state index in [1.54, 1.807) is 12.1 Å². The Morgan fingerprint density at radius 1 is 1.33 bits per heavy atom. The first kappa shape index (κ1) is 13.7. The van der Waals surface area contributed by atoms with Crippen LogP contribution in [-0.2, 0) is 0 Å². The minimum Gasteiger partial charge on any atom is -0.284 e. The van der Waals surface area contributed by atoms with E-state index in [1.165, 1.54) is 0 Å². The molecule has 0 N–H and O–H groups in total. The second-order valence-electron chi connectivity index (χ2n) is 4.92. The van der Waals surface area contributed by atoms with Crippen molar-refractivity contribution in [3.05, 3.63) is 33.8 Å². The number of nitriles is 1. The molecule has 1 atom stereocenters. The van der Waals surface area contributed by atoms with E-state index in [1.807, 2.05) is 6.07 Å². The summed E-state index contributed by atoms with van der Waals surface area (Å²) in [5.74, 6) is 0.751. The van der Waals surface area contributed by atoms with Gasteiger partial charge in [-0.2, -0.15) is 5.26 Å². The van der Waals surface area contributed by atoms with Gasteiger partial charge in [0.25, 0.3) is 0 Å². The lowest BCUT2D eigenvalue weighted by molar-refractivity contribution is 0.165. The van der Waals surface area contributed by atoms with E-state index in [0.29, 0.717) is 10.0 Å². The van der Waals surface area contributed by atoms with Crippen molar-refractivity contribution in [1.29, 1.82) is 5.26 Å². The van der Waals surface area contributed by atoms with Crippen molar-refractivity contribution in [3.8, 4) is 6.07 Å². The molecule has 1 aromatic carbocycles. The highest BCUT2D eigenvalue weighted by molar-refractivity contribution is 6.35. The fourth-order valence-electron chi connectivity index (χ4n) is 2.36. The summed E-state index contributed by atoms with van der Waals surface area (Å²) in [4.78, 5) is 2.20. The summed E-state index contributed by atoms with van der Waals surface area (Å²) >= 11 is 12.1. The molecule has 0 bridgehead atoms. The Balaban J connectivity index is 2.21. The van der Waals surface area contributed by atoms with Crippen LogP contribution in [0.15, 0.2) is 18.2 Å². The quantitative estimate of drug-likeness (QED) is 0.809. The van der Waals surface area contributed by atoms with Crippen LogP contribution in [-0.4, -0.2) is 18.0 Å². The van der Waals surface area contributed by atoms with Crippen molar-refractivity contribution in [1.82, 2.24) is 4.90 Å². The van der Waals surface area contributed by atoms with Crippen LogP contribution in [0, 0.1) is 17.2 Å². The average Bonchev–Trinajstić information content (AvgIpc) is 2.35. The van der Waals surface area contributed by atoms with Gasteiger partial charge >= 0.3 is 0 Å². The fraction of sp³-hybridized carbons (Fsp3) is 0.500. The zero-order valence-corrected chi connectivity index (χ0v) is 11.9. The average molecular weight is 283 g/mol. The van der Waals surface area contributed by atoms with Crippen LogP contribution in [0.1, 0.15) is 31.4 Å². The van der Waals surface area contributed by atoms with Crippen LogP contribution in [0.5, 0.6) is 0 Å². The minimum absolute atomic E-state index is 0.262. The van der Waals surface area contributed by atoms with E-state index in [-0.39, 0.29) is 6.04 Å². The fourth-order valence-corrected chi connectivity index (χ4v) is 2.87. The van der Waals surface area contributed by atoms with Crippen molar-refractivity contribution in [2.45, 2.75) is 25.8 Å². The Morgan fingerprint density at radius 3 is 2.56 bits per heavy atom. The van der Waals surface area contributed by atoms with E-state index in [4.69, 9.17) is 23.2 Å². The van der Waals surface area contributed by atoms with E-state index >= 15 is 0 Å². The normalized spacial score (nSPS) is 19.4. The predicted molar refractivity (Wildman–Crippen MR) is 74.8 cm³/mol. The van der Waals surface area contributed by atoms with Crippen molar-refractivity contribution in [2.75, 3.05) is 13.1 Å². The summed E-state index contributed by atoms with van der Waals surface area (Å²) in [5, 5.41) is 10.6. The number of hydrogen-bond acceptors (Lipinski definition) is 2. The largest absolute Gasteiger partial charge is 0.284 e. The third kappa shape index (κ3) is 2.98. The second-order valence-corrected chi connectivity index (χ2v) is 5.76. The highest BCUT2D eigenvalue weighted by Gasteiger charge is 2.25. The minimum atomic E-state index is -0.262. The molecule has 2 rings (SSSR count). The molecule has 1 fully saturated rings. The molecule has 0 saturated carbocycles. The molecule has 0 aromatic heterocycles. The molecule has 1 aliphatic heterocycles. The first-order valence-electron chi connectivity index (χ1n) is 6.20. The topological polar surface area (TPSA) is 27.0 Å². The van der Waals surface area contributed by atoms with Crippen LogP contribution in [0.4, 0.5) is 0 Å². The Labute approximate surface area is 118 Å². The van der Waals surface area contributed by atoms with Gasteiger partial charge in [-0.25, -0.2) is 0 Å². The number of hydrogen-bond donors (Lipinski definition) is 0. The molecule has 1 heterocycles. The second kappa shape index (κ2) is 5.93. The number of nitrogens with zero attached hydrogens (tertiary/aromatic N) is 2. The Morgan fingerprint density at radius 2 is 2.00 bits per heavy atom. The van der Waals surface area contributed by atoms with Crippen LogP contribution >= 0.6 is 23.2 Å². The molecule has 0 amide bonds. The molecule has 0 spiro atoms. The van der Waals surface area contributed by atoms with Crippen LogP contribution in [0.3, 0.4) is 0 Å². The number of likely N-dealkylation sites (tertiary alicyclic amines) is 1. The van der Waals surface area contributed by atoms with Gasteiger partial charge in [-0.3, -0.25) is 4.90 Å². The maximum absolute atomic E-state index is 9.41. The first-order valence-corrected chi connectivity index (χ1v) is 6.96. The highest BCUT2D eigenvalue weighted by atomic mass is 35.5. The molecule has 18 heavy (non-hydrogen) atoms. The molecule has 1 aliphatic rings. The smallest absolute Gasteiger partial charge is 0.125 e. The Hall–Kier alpha value is -0.750. The van der Waals surface area contributed by atoms with Crippen LogP contribution in [0.25, 0.3) is 0 Å². The molecule has 0 aliphatic carbocycles. The molecule has 1 unspecified atom stereocenters. The van der Waals surface area contributed by atoms with Crippen molar-refractivity contribution >= 4 is 23.2 Å². The molecule has 1 aromatic rings. The van der Waals surface area contributed by atoms with Crippen molar-refractivity contribution < 1.29 is 0 Å². The molecule has 96 valence electrons. The van der Waals surface area contributed by atoms with Gasteiger partial charge in [0, 0.05) is 15.6 Å². The Kier molecular flexibility index (Phi) is 4.50. The predicted octanol–water partition coefficient (Wildman–Crippen LogP) is 4.29. The SMILES string of the molecule is CC1CCN(C(C#N)c2ccc(Cl)cc2Cl)CC1. The zero-order chi connectivity index (χ0) is 13.1. The molecule has 4 heteroatoms. The van der Waals surface area contributed by atoms with E-state index < -0.39 is 0 Å². The van der Waals surface area contributed by atoms with E-state index in [9.17, 15) is 5.26 Å². The highest BCUT2D eigenvalue weighted by Crippen LogP contribution is 2.32. The van der Waals surface area contributed by atoms with Crippen LogP contribution in [0.2, 0.25) is 10.0 Å². The number of halogens is 2. The molecular formula is C14H16Cl2N2. The van der Waals surface area contributed by atoms with Gasteiger partial charge < -0.3 is 0 Å². The van der Waals surface area contributed by atoms with Crippen LogP contribution < -0.4 is 0 Å². The summed E-state index contributed by atoms with van der Waals surface area (Å²) in [6.45, 7) is 4.17. The molecule has 1 saturated heterocycles. The number of benzene rings is 1. The molecule has 0 radical (unpaired) electrons. The lowest BCUT2D eigenvalue weighted by Gasteiger charge is -2.33. The lowest BCUT2D eigenvalue weighted by Crippen LogP contribution is -2.35. The summed E-state index contributed by atoms with van der Waals surface area (Å²) in [6.07, 6.45) is 2.28. The van der Waals surface area contributed by atoms with Gasteiger partial charge in [0.2, 0.25) is 0 Å². The zero-order valence-electron chi connectivity index (χ0n) is 10.4. The van der Waals surface area contributed by atoms with Crippen molar-refractivity contribution in [2.24, 2.45) is 5.92 Å². The van der Waals surface area contributed by atoms with Gasteiger partial charge in [0.05, 0.1) is 6.07 Å². The van der Waals surface area contributed by atoms with Gasteiger partial charge in [-0.15, -0.1) is 0 Å². The summed E-state index contributed by atoms with van der Waals surface area (Å²) in [5.41, 5.74) is 0.859. The lowest BCUT2D eigenvalue weighted by atomic mass is 9.96. The number of piperidine rings is 1. The van der Waals surface area contributed by atoms with Gasteiger partial charge in [0.1, 0.15) is 6.04 Å². The maximum atomic E-state index is 9.41. The van der Waals surface area contributed by atoms with Gasteiger partial charge in [0.15, 0.2) is 0 Å². The standard InChI is InChI=1S/C14H16Cl2N2/c1-10-4-6-18(7-5-10)14(9-17)12-3-2-11(15)8-13(12)16/h2-3,8,10,14H,4-7H2,1H3. The van der Waals surface area contributed by atoms with E-state index in [2.05, 4.69) is 17.9 Å². The molecular weight excluding hydrogens is 267 g/mol. The first-order chi connectivity index (χ1) is 8.61. The Bertz CT molecular complexity index is 459. The third-order valence-electron chi connectivity index (χ3n) is 3.56. The monoisotopic (exact) mass is 282 g/mol. The maximum Gasteiger partial charge on any atom is 0.125 e. The summed E-state index contributed by atoms with van der Waals surface area (Å²) in [6, 6.07) is 7.45. The van der Waals surface area contributed by atoms with Crippen molar-refractivity contribution in [3.63, 3.8) is 0 Å². The summed E-state index contributed by atoms with van der Waals surface area (Å²) in [7, 11) is 0.